The van der Waals surface area contributed by atoms with Gasteiger partial charge in [-0.05, 0) is 117 Å². The molecule has 0 aromatic heterocycles. The van der Waals surface area contributed by atoms with Crippen molar-refractivity contribution >= 4 is 12.3 Å². The van der Waals surface area contributed by atoms with Crippen molar-refractivity contribution in [1.82, 2.24) is 0 Å². The van der Waals surface area contributed by atoms with Crippen LogP contribution in [-0.2, 0) is 14.3 Å². The van der Waals surface area contributed by atoms with Crippen LogP contribution in [0.2, 0.25) is 0 Å². The SMILES string of the molecule is C=C(C)[C@@H]1CC[C@]2(C=O)CC[C@]3(C)[C@H](CC[C@@H]4[C@@]5(C)CC[C@@H](OC(C)=O)C(C)(C)[C@@H]5CC[C@]43C)[C@@H]12. The highest BCUT2D eigenvalue weighted by Crippen LogP contribution is 2.77. The molecule has 0 N–H and O–H groups in total. The maximum atomic E-state index is 12.6. The zero-order chi connectivity index (χ0) is 25.6. The van der Waals surface area contributed by atoms with Gasteiger partial charge in [-0.3, -0.25) is 4.79 Å². The molecule has 0 saturated heterocycles. The lowest BCUT2D eigenvalue weighted by Gasteiger charge is -2.72. The van der Waals surface area contributed by atoms with Crippen LogP contribution in [0.3, 0.4) is 0 Å². The molecule has 0 spiro atoms. The number of carbonyl (C=O) groups is 2. The monoisotopic (exact) mass is 482 g/mol. The van der Waals surface area contributed by atoms with Crippen LogP contribution >= 0.6 is 0 Å². The smallest absolute Gasteiger partial charge is 0.302 e. The average Bonchev–Trinajstić information content (AvgIpc) is 3.16. The van der Waals surface area contributed by atoms with E-state index >= 15 is 0 Å². The van der Waals surface area contributed by atoms with Crippen molar-refractivity contribution in [2.75, 3.05) is 0 Å². The van der Waals surface area contributed by atoms with Gasteiger partial charge in [-0.25, -0.2) is 0 Å². The van der Waals surface area contributed by atoms with Gasteiger partial charge < -0.3 is 9.53 Å². The maximum Gasteiger partial charge on any atom is 0.302 e. The summed E-state index contributed by atoms with van der Waals surface area (Å²) in [5, 5.41) is 0. The number of fused-ring (bicyclic) bond motifs is 7. The Morgan fingerprint density at radius 2 is 1.54 bits per heavy atom. The molecule has 5 aliphatic rings. The van der Waals surface area contributed by atoms with Gasteiger partial charge in [-0.15, -0.1) is 0 Å². The molecule has 196 valence electrons. The largest absolute Gasteiger partial charge is 0.462 e. The van der Waals surface area contributed by atoms with Gasteiger partial charge in [0.25, 0.3) is 0 Å². The Morgan fingerprint density at radius 3 is 2.17 bits per heavy atom. The Balaban J connectivity index is 1.51. The molecule has 0 radical (unpaired) electrons. The minimum atomic E-state index is -0.134. The van der Waals surface area contributed by atoms with Gasteiger partial charge in [0.1, 0.15) is 12.4 Å². The lowest BCUT2D eigenvalue weighted by molar-refractivity contribution is -0.247. The summed E-state index contributed by atoms with van der Waals surface area (Å²) in [6, 6.07) is 0. The summed E-state index contributed by atoms with van der Waals surface area (Å²) in [5.74, 6) is 2.76. The fraction of sp³-hybridized carbons (Fsp3) is 0.875. The van der Waals surface area contributed by atoms with E-state index in [-0.39, 0.29) is 33.7 Å². The van der Waals surface area contributed by atoms with Crippen molar-refractivity contribution in [2.24, 2.45) is 56.7 Å². The number of aldehydes is 1. The predicted octanol–water partition coefficient (Wildman–Crippen LogP) is 7.77. The van der Waals surface area contributed by atoms with Crippen LogP contribution < -0.4 is 0 Å². The Hall–Kier alpha value is -1.12. The van der Waals surface area contributed by atoms with Crippen LogP contribution in [0.1, 0.15) is 113 Å². The first-order valence-corrected chi connectivity index (χ1v) is 14.6. The number of ether oxygens (including phenoxy) is 1. The van der Waals surface area contributed by atoms with E-state index < -0.39 is 0 Å². The van der Waals surface area contributed by atoms with Crippen molar-refractivity contribution in [3.8, 4) is 0 Å². The molecule has 3 heteroatoms. The summed E-state index contributed by atoms with van der Waals surface area (Å²) < 4.78 is 5.89. The number of hydrogen-bond acceptors (Lipinski definition) is 3. The van der Waals surface area contributed by atoms with E-state index in [0.717, 1.165) is 32.1 Å². The Morgan fingerprint density at radius 1 is 0.829 bits per heavy atom. The van der Waals surface area contributed by atoms with E-state index in [1.807, 2.05) is 0 Å². The molecule has 0 unspecified atom stereocenters. The van der Waals surface area contributed by atoms with Gasteiger partial charge in [-0.1, -0.05) is 46.8 Å². The van der Waals surface area contributed by atoms with Crippen LogP contribution in [0.25, 0.3) is 0 Å². The van der Waals surface area contributed by atoms with Gasteiger partial charge in [0.15, 0.2) is 0 Å². The zero-order valence-electron chi connectivity index (χ0n) is 23.5. The summed E-state index contributed by atoms with van der Waals surface area (Å²) in [5.41, 5.74) is 2.05. The minimum absolute atomic E-state index is 0.00743. The molecule has 35 heavy (non-hydrogen) atoms. The molecule has 5 fully saturated rings. The highest BCUT2D eigenvalue weighted by molar-refractivity contribution is 5.66. The van der Waals surface area contributed by atoms with Crippen molar-refractivity contribution in [2.45, 2.75) is 119 Å². The first-order chi connectivity index (χ1) is 16.3. The molecule has 5 rings (SSSR count). The molecule has 0 aromatic rings. The molecule has 0 bridgehead atoms. The van der Waals surface area contributed by atoms with Crippen molar-refractivity contribution in [3.63, 3.8) is 0 Å². The lowest BCUT2D eigenvalue weighted by Crippen LogP contribution is -2.66. The quantitative estimate of drug-likeness (QED) is 0.234. The van der Waals surface area contributed by atoms with E-state index in [1.54, 1.807) is 6.92 Å². The van der Waals surface area contributed by atoms with Crippen molar-refractivity contribution in [1.29, 1.82) is 0 Å². The highest BCUT2D eigenvalue weighted by atomic mass is 16.5. The van der Waals surface area contributed by atoms with Gasteiger partial charge in [0, 0.05) is 17.8 Å². The van der Waals surface area contributed by atoms with Crippen LogP contribution in [0.5, 0.6) is 0 Å². The third kappa shape index (κ3) is 3.21. The van der Waals surface area contributed by atoms with E-state index in [4.69, 9.17) is 4.74 Å². The van der Waals surface area contributed by atoms with E-state index in [0.29, 0.717) is 35.0 Å². The van der Waals surface area contributed by atoms with Gasteiger partial charge in [0.2, 0.25) is 0 Å². The number of carbonyl (C=O) groups excluding carboxylic acids is 2. The van der Waals surface area contributed by atoms with Crippen molar-refractivity contribution < 1.29 is 14.3 Å². The van der Waals surface area contributed by atoms with E-state index in [2.05, 4.69) is 48.1 Å². The molecule has 3 nitrogen and oxygen atoms in total. The molecule has 0 heterocycles. The predicted molar refractivity (Wildman–Crippen MR) is 141 cm³/mol. The van der Waals surface area contributed by atoms with Crippen LogP contribution in [0.4, 0.5) is 0 Å². The molecule has 0 amide bonds. The molecule has 5 aliphatic carbocycles. The summed E-state index contributed by atoms with van der Waals surface area (Å²) >= 11 is 0. The normalized spacial score (nSPS) is 52.3. The second kappa shape index (κ2) is 7.94. The van der Waals surface area contributed by atoms with Crippen molar-refractivity contribution in [3.05, 3.63) is 12.2 Å². The number of esters is 1. The zero-order valence-corrected chi connectivity index (χ0v) is 23.5. The fourth-order valence-electron chi connectivity index (χ4n) is 11.8. The second-order valence-electron chi connectivity index (χ2n) is 15.0. The summed E-state index contributed by atoms with van der Waals surface area (Å²) in [6.07, 6.45) is 13.1. The number of allylic oxidation sites excluding steroid dienone is 1. The standard InChI is InChI=1S/C32H50O3/c1-20(2)22-11-16-32(19-33)18-17-30(7)23(27(22)32)9-10-25-29(6)14-13-26(35-21(3)34)28(4,5)24(29)12-15-31(25,30)8/h19,22-27H,1,9-18H2,2-8H3/t22-,23+,24-,25+,26+,27+,29-,30+,31+,32+/m0/s1. The molecular weight excluding hydrogens is 432 g/mol. The Bertz CT molecular complexity index is 920. The Labute approximate surface area is 214 Å². The lowest BCUT2D eigenvalue weighted by atomic mass is 9.32. The Kier molecular flexibility index (Phi) is 5.79. The maximum absolute atomic E-state index is 12.6. The first-order valence-electron chi connectivity index (χ1n) is 14.6. The number of hydrogen-bond donors (Lipinski definition) is 0. The molecule has 0 aliphatic heterocycles. The fourth-order valence-corrected chi connectivity index (χ4v) is 11.8. The van der Waals surface area contributed by atoms with E-state index in [1.165, 1.54) is 44.0 Å². The van der Waals surface area contributed by atoms with Gasteiger partial charge in [0.05, 0.1) is 0 Å². The summed E-state index contributed by atoms with van der Waals surface area (Å²) in [6.45, 7) is 20.8. The van der Waals surface area contributed by atoms with Crippen LogP contribution in [-0.4, -0.2) is 18.4 Å². The molecular formula is C32H50O3. The average molecular weight is 483 g/mol. The van der Waals surface area contributed by atoms with Gasteiger partial charge in [-0.2, -0.15) is 0 Å². The summed E-state index contributed by atoms with van der Waals surface area (Å²) in [4.78, 5) is 24.5. The molecule has 0 aromatic carbocycles. The van der Waals surface area contributed by atoms with Crippen LogP contribution in [0.15, 0.2) is 12.2 Å². The van der Waals surface area contributed by atoms with E-state index in [9.17, 15) is 9.59 Å². The molecule has 5 saturated carbocycles. The van der Waals surface area contributed by atoms with Crippen LogP contribution in [0, 0.1) is 56.7 Å². The third-order valence-electron chi connectivity index (χ3n) is 13.6. The highest BCUT2D eigenvalue weighted by Gasteiger charge is 2.71. The van der Waals surface area contributed by atoms with Gasteiger partial charge >= 0.3 is 5.97 Å². The summed E-state index contributed by atoms with van der Waals surface area (Å²) in [7, 11) is 0. The molecule has 10 atom stereocenters. The second-order valence-corrected chi connectivity index (χ2v) is 15.0. The third-order valence-corrected chi connectivity index (χ3v) is 13.6. The number of rotatable bonds is 3. The first kappa shape index (κ1) is 25.5. The minimum Gasteiger partial charge on any atom is -0.462 e. The topological polar surface area (TPSA) is 43.4 Å².